The summed E-state index contributed by atoms with van der Waals surface area (Å²) < 4.78 is 0. The first-order valence-corrected chi connectivity index (χ1v) is 9.83. The van der Waals surface area contributed by atoms with Gasteiger partial charge in [-0.15, -0.1) is 0 Å². The third-order valence-electron chi connectivity index (χ3n) is 5.80. The van der Waals surface area contributed by atoms with Crippen molar-refractivity contribution in [2.75, 3.05) is 26.2 Å². The van der Waals surface area contributed by atoms with Gasteiger partial charge in [-0.05, 0) is 61.2 Å². The summed E-state index contributed by atoms with van der Waals surface area (Å²) in [6.45, 7) is 3.98. The summed E-state index contributed by atoms with van der Waals surface area (Å²) in [5.41, 5.74) is 4.29. The maximum absolute atomic E-state index is 13.2. The number of carbonyl (C=O) groups excluding carboxylic acids is 1. The van der Waals surface area contributed by atoms with E-state index in [2.05, 4.69) is 40.1 Å². The summed E-state index contributed by atoms with van der Waals surface area (Å²) in [7, 11) is 0. The fourth-order valence-electron chi connectivity index (χ4n) is 4.33. The molecule has 2 heterocycles. The SMILES string of the molecule is N#Cc1ccc(CC(=O)N2CCc3ccccc3C2CN2CCCC2)cc1. The lowest BCUT2D eigenvalue weighted by atomic mass is 9.91. The average molecular weight is 359 g/mol. The molecule has 27 heavy (non-hydrogen) atoms. The van der Waals surface area contributed by atoms with E-state index in [1.807, 2.05) is 12.1 Å². The minimum Gasteiger partial charge on any atom is -0.334 e. The first-order chi connectivity index (χ1) is 13.2. The molecule has 1 unspecified atom stereocenters. The van der Waals surface area contributed by atoms with Crippen LogP contribution in [0.15, 0.2) is 48.5 Å². The smallest absolute Gasteiger partial charge is 0.227 e. The Balaban J connectivity index is 1.55. The molecule has 1 fully saturated rings. The number of hydrogen-bond acceptors (Lipinski definition) is 3. The number of hydrogen-bond donors (Lipinski definition) is 0. The zero-order valence-electron chi connectivity index (χ0n) is 15.6. The molecule has 0 radical (unpaired) electrons. The third kappa shape index (κ3) is 3.89. The Bertz CT molecular complexity index is 847. The topological polar surface area (TPSA) is 47.3 Å². The molecule has 2 aromatic rings. The van der Waals surface area contributed by atoms with Gasteiger partial charge in [0, 0.05) is 13.1 Å². The van der Waals surface area contributed by atoms with E-state index in [4.69, 9.17) is 5.26 Å². The van der Waals surface area contributed by atoms with Crippen molar-refractivity contribution in [2.24, 2.45) is 0 Å². The van der Waals surface area contributed by atoms with E-state index in [1.165, 1.54) is 24.0 Å². The Morgan fingerprint density at radius 3 is 2.52 bits per heavy atom. The Hall–Kier alpha value is -2.64. The lowest BCUT2D eigenvalue weighted by molar-refractivity contribution is -0.133. The van der Waals surface area contributed by atoms with Crippen LogP contribution in [-0.4, -0.2) is 41.9 Å². The number of nitrogens with zero attached hydrogens (tertiary/aromatic N) is 3. The number of benzene rings is 2. The third-order valence-corrected chi connectivity index (χ3v) is 5.80. The largest absolute Gasteiger partial charge is 0.334 e. The number of amides is 1. The van der Waals surface area contributed by atoms with Gasteiger partial charge in [-0.2, -0.15) is 5.26 Å². The molecule has 0 saturated carbocycles. The molecule has 0 aliphatic carbocycles. The van der Waals surface area contributed by atoms with Gasteiger partial charge in [-0.25, -0.2) is 0 Å². The van der Waals surface area contributed by atoms with Gasteiger partial charge in [0.25, 0.3) is 0 Å². The highest BCUT2D eigenvalue weighted by molar-refractivity contribution is 5.79. The predicted molar refractivity (Wildman–Crippen MR) is 105 cm³/mol. The highest BCUT2D eigenvalue weighted by Gasteiger charge is 2.32. The first-order valence-electron chi connectivity index (χ1n) is 9.83. The molecule has 4 heteroatoms. The van der Waals surface area contributed by atoms with Crippen LogP contribution in [-0.2, 0) is 17.6 Å². The molecule has 2 aliphatic heterocycles. The van der Waals surface area contributed by atoms with Gasteiger partial charge in [0.1, 0.15) is 0 Å². The van der Waals surface area contributed by atoms with Gasteiger partial charge in [0.15, 0.2) is 0 Å². The molecule has 4 rings (SSSR count). The van der Waals surface area contributed by atoms with Crippen molar-refractivity contribution in [3.63, 3.8) is 0 Å². The molecule has 1 amide bonds. The lowest BCUT2D eigenvalue weighted by Gasteiger charge is -2.39. The minimum absolute atomic E-state index is 0.138. The van der Waals surface area contributed by atoms with Crippen LogP contribution in [0.4, 0.5) is 0 Å². The Morgan fingerprint density at radius 2 is 1.78 bits per heavy atom. The molecule has 0 aromatic heterocycles. The highest BCUT2D eigenvalue weighted by Crippen LogP contribution is 2.31. The van der Waals surface area contributed by atoms with Crippen LogP contribution in [0.25, 0.3) is 0 Å². The number of likely N-dealkylation sites (tertiary alicyclic amines) is 1. The van der Waals surface area contributed by atoms with E-state index in [1.54, 1.807) is 12.1 Å². The van der Waals surface area contributed by atoms with Crippen molar-refractivity contribution in [1.29, 1.82) is 5.26 Å². The monoisotopic (exact) mass is 359 g/mol. The Kier molecular flexibility index (Phi) is 5.22. The van der Waals surface area contributed by atoms with Crippen LogP contribution in [0, 0.1) is 11.3 Å². The number of carbonyl (C=O) groups is 1. The number of fused-ring (bicyclic) bond motifs is 1. The molecule has 0 bridgehead atoms. The summed E-state index contributed by atoms with van der Waals surface area (Å²) in [4.78, 5) is 17.7. The van der Waals surface area contributed by atoms with Crippen LogP contribution in [0.1, 0.15) is 41.1 Å². The van der Waals surface area contributed by atoms with Crippen LogP contribution >= 0.6 is 0 Å². The molecule has 138 valence electrons. The van der Waals surface area contributed by atoms with Gasteiger partial charge >= 0.3 is 0 Å². The van der Waals surface area contributed by atoms with Crippen LogP contribution < -0.4 is 0 Å². The molecule has 0 N–H and O–H groups in total. The van der Waals surface area contributed by atoms with Gasteiger partial charge in [0.05, 0.1) is 24.1 Å². The minimum atomic E-state index is 0.138. The maximum Gasteiger partial charge on any atom is 0.227 e. The summed E-state index contributed by atoms with van der Waals surface area (Å²) >= 11 is 0. The normalized spacial score (nSPS) is 19.5. The lowest BCUT2D eigenvalue weighted by Crippen LogP contribution is -2.45. The second kappa shape index (κ2) is 7.94. The number of rotatable bonds is 4. The van der Waals surface area contributed by atoms with Crippen molar-refractivity contribution < 1.29 is 4.79 Å². The van der Waals surface area contributed by atoms with Gasteiger partial charge < -0.3 is 9.80 Å². The number of nitriles is 1. The predicted octanol–water partition coefficient (Wildman–Crippen LogP) is 3.32. The summed E-state index contributed by atoms with van der Waals surface area (Å²) in [5, 5.41) is 8.95. The molecule has 1 saturated heterocycles. The quantitative estimate of drug-likeness (QED) is 0.841. The van der Waals surface area contributed by atoms with Crippen molar-refractivity contribution in [2.45, 2.75) is 31.7 Å². The van der Waals surface area contributed by atoms with Crippen LogP contribution in [0.5, 0.6) is 0 Å². The van der Waals surface area contributed by atoms with Crippen molar-refractivity contribution in [3.05, 3.63) is 70.8 Å². The van der Waals surface area contributed by atoms with E-state index in [-0.39, 0.29) is 11.9 Å². The van der Waals surface area contributed by atoms with Crippen molar-refractivity contribution in [3.8, 4) is 6.07 Å². The van der Waals surface area contributed by atoms with E-state index < -0.39 is 0 Å². The molecular weight excluding hydrogens is 334 g/mol. The van der Waals surface area contributed by atoms with Crippen LogP contribution in [0.2, 0.25) is 0 Å². The van der Waals surface area contributed by atoms with Gasteiger partial charge in [-0.3, -0.25) is 4.79 Å². The molecule has 1 atom stereocenters. The molecule has 2 aliphatic rings. The summed E-state index contributed by atoms with van der Waals surface area (Å²) in [6.07, 6.45) is 3.83. The van der Waals surface area contributed by atoms with E-state index in [0.29, 0.717) is 12.0 Å². The maximum atomic E-state index is 13.2. The fourth-order valence-corrected chi connectivity index (χ4v) is 4.33. The Morgan fingerprint density at radius 1 is 1.04 bits per heavy atom. The van der Waals surface area contributed by atoms with E-state index in [0.717, 1.165) is 38.2 Å². The van der Waals surface area contributed by atoms with E-state index >= 15 is 0 Å². The van der Waals surface area contributed by atoms with Gasteiger partial charge in [-0.1, -0.05) is 36.4 Å². The molecule has 4 nitrogen and oxygen atoms in total. The standard InChI is InChI=1S/C23H25N3O/c24-16-19-9-7-18(8-10-19)15-23(27)26-14-11-20-5-1-2-6-21(20)22(26)17-25-12-3-4-13-25/h1-2,5-10,22H,3-4,11-15,17H2. The zero-order valence-corrected chi connectivity index (χ0v) is 15.6. The summed E-state index contributed by atoms with van der Waals surface area (Å²) in [5.74, 6) is 0.179. The zero-order chi connectivity index (χ0) is 18.6. The Labute approximate surface area is 161 Å². The van der Waals surface area contributed by atoms with Crippen LogP contribution in [0.3, 0.4) is 0 Å². The molecule has 0 spiro atoms. The second-order valence-corrected chi connectivity index (χ2v) is 7.54. The van der Waals surface area contributed by atoms with Crippen molar-refractivity contribution >= 4 is 5.91 Å². The molecule has 2 aromatic carbocycles. The van der Waals surface area contributed by atoms with E-state index in [9.17, 15) is 4.79 Å². The van der Waals surface area contributed by atoms with Crippen molar-refractivity contribution in [1.82, 2.24) is 9.80 Å². The average Bonchev–Trinajstić information content (AvgIpc) is 3.22. The second-order valence-electron chi connectivity index (χ2n) is 7.54. The fraction of sp³-hybridized carbons (Fsp3) is 0.391. The summed E-state index contributed by atoms with van der Waals surface area (Å²) in [6, 6.07) is 18.2. The van der Waals surface area contributed by atoms with Gasteiger partial charge in [0.2, 0.25) is 5.91 Å². The highest BCUT2D eigenvalue weighted by atomic mass is 16.2. The molecular formula is C23H25N3O. The first kappa shape index (κ1) is 17.8.